The zero-order valence-electron chi connectivity index (χ0n) is 18.3. The van der Waals surface area contributed by atoms with Gasteiger partial charge in [0.25, 0.3) is 5.91 Å². The maximum atomic E-state index is 13.4. The number of carbonyl (C=O) groups is 1. The van der Waals surface area contributed by atoms with Crippen molar-refractivity contribution in [1.29, 1.82) is 0 Å². The third-order valence-electron chi connectivity index (χ3n) is 4.98. The number of rotatable bonds is 9. The highest BCUT2D eigenvalue weighted by Crippen LogP contribution is 2.28. The Morgan fingerprint density at radius 2 is 1.13 bits per heavy atom. The van der Waals surface area contributed by atoms with Crippen LogP contribution in [0.1, 0.15) is 21.5 Å². The van der Waals surface area contributed by atoms with E-state index in [4.69, 9.17) is 18.9 Å². The highest BCUT2D eigenvalue weighted by Gasteiger charge is 2.19. The van der Waals surface area contributed by atoms with Crippen LogP contribution in [0.3, 0.4) is 0 Å². The van der Waals surface area contributed by atoms with Gasteiger partial charge in [-0.1, -0.05) is 24.3 Å². The summed E-state index contributed by atoms with van der Waals surface area (Å²) in [7, 11) is 6.38. The summed E-state index contributed by atoms with van der Waals surface area (Å²) in [6.45, 7) is 0.895. The molecule has 0 heterocycles. The first-order valence-corrected chi connectivity index (χ1v) is 9.85. The van der Waals surface area contributed by atoms with E-state index >= 15 is 0 Å². The van der Waals surface area contributed by atoms with E-state index in [-0.39, 0.29) is 5.91 Å². The van der Waals surface area contributed by atoms with Gasteiger partial charge in [-0.3, -0.25) is 4.79 Å². The minimum Gasteiger partial charge on any atom is -0.497 e. The first-order chi connectivity index (χ1) is 15.1. The van der Waals surface area contributed by atoms with E-state index in [9.17, 15) is 4.79 Å². The maximum absolute atomic E-state index is 13.4. The molecular weight excluding hydrogens is 394 g/mol. The molecule has 0 spiro atoms. The predicted octanol–water partition coefficient (Wildman–Crippen LogP) is 4.56. The highest BCUT2D eigenvalue weighted by atomic mass is 16.5. The van der Waals surface area contributed by atoms with Crippen LogP contribution >= 0.6 is 0 Å². The Morgan fingerprint density at radius 1 is 0.645 bits per heavy atom. The summed E-state index contributed by atoms with van der Waals surface area (Å²) in [5.74, 6) is 2.54. The summed E-state index contributed by atoms with van der Waals surface area (Å²) in [5.41, 5.74) is 2.53. The summed E-state index contributed by atoms with van der Waals surface area (Å²) in [5, 5.41) is 0. The summed E-state index contributed by atoms with van der Waals surface area (Å²) in [4.78, 5) is 15.2. The molecule has 3 aromatic rings. The molecule has 0 radical (unpaired) electrons. The lowest BCUT2D eigenvalue weighted by Crippen LogP contribution is -2.30. The monoisotopic (exact) mass is 421 g/mol. The van der Waals surface area contributed by atoms with Crippen LogP contribution in [0.5, 0.6) is 23.0 Å². The molecule has 0 aliphatic heterocycles. The lowest BCUT2D eigenvalue weighted by Gasteiger charge is -2.24. The van der Waals surface area contributed by atoms with Gasteiger partial charge in [0, 0.05) is 18.7 Å². The number of carbonyl (C=O) groups excluding carboxylic acids is 1. The van der Waals surface area contributed by atoms with E-state index in [2.05, 4.69) is 0 Å². The van der Waals surface area contributed by atoms with Crippen LogP contribution in [0.15, 0.2) is 66.7 Å². The summed E-state index contributed by atoms with van der Waals surface area (Å²) < 4.78 is 21.1. The lowest BCUT2D eigenvalue weighted by atomic mass is 10.1. The second kappa shape index (κ2) is 10.4. The fourth-order valence-electron chi connectivity index (χ4n) is 3.25. The zero-order chi connectivity index (χ0) is 22.2. The van der Waals surface area contributed by atoms with Crippen molar-refractivity contribution in [1.82, 2.24) is 4.90 Å². The van der Waals surface area contributed by atoms with Gasteiger partial charge in [0.1, 0.15) is 11.5 Å². The molecule has 0 saturated carbocycles. The van der Waals surface area contributed by atoms with E-state index in [1.807, 2.05) is 48.5 Å². The van der Waals surface area contributed by atoms with Crippen molar-refractivity contribution in [3.8, 4) is 23.0 Å². The molecule has 0 fully saturated rings. The van der Waals surface area contributed by atoms with Crippen molar-refractivity contribution in [2.75, 3.05) is 28.4 Å². The number of amides is 1. The van der Waals surface area contributed by atoms with Gasteiger partial charge in [-0.05, 0) is 53.6 Å². The van der Waals surface area contributed by atoms with Crippen molar-refractivity contribution < 1.29 is 23.7 Å². The number of methoxy groups -OCH3 is 4. The Morgan fingerprint density at radius 3 is 1.55 bits per heavy atom. The Kier molecular flexibility index (Phi) is 7.38. The van der Waals surface area contributed by atoms with Gasteiger partial charge in [0.15, 0.2) is 11.5 Å². The van der Waals surface area contributed by atoms with E-state index in [1.54, 1.807) is 51.5 Å². The third-order valence-corrected chi connectivity index (χ3v) is 4.98. The molecule has 31 heavy (non-hydrogen) atoms. The molecule has 1 amide bonds. The van der Waals surface area contributed by atoms with Gasteiger partial charge in [-0.25, -0.2) is 0 Å². The fraction of sp³-hybridized carbons (Fsp3) is 0.240. The molecular formula is C25H27NO5. The molecule has 0 aliphatic rings. The van der Waals surface area contributed by atoms with Gasteiger partial charge < -0.3 is 23.8 Å². The fourth-order valence-corrected chi connectivity index (χ4v) is 3.25. The van der Waals surface area contributed by atoms with Gasteiger partial charge >= 0.3 is 0 Å². The van der Waals surface area contributed by atoms with Crippen molar-refractivity contribution >= 4 is 5.91 Å². The standard InChI is InChI=1S/C25H27NO5/c1-28-21-10-5-18(6-11-21)16-26(17-19-7-12-22(29-2)13-8-19)25(27)20-9-14-23(30-3)24(15-20)31-4/h5-15H,16-17H2,1-4H3. The molecule has 6 nitrogen and oxygen atoms in total. The molecule has 0 N–H and O–H groups in total. The molecule has 0 saturated heterocycles. The molecule has 3 aromatic carbocycles. The Hall–Kier alpha value is -3.67. The van der Waals surface area contributed by atoms with Crippen LogP contribution in [-0.2, 0) is 13.1 Å². The average Bonchev–Trinajstić information content (AvgIpc) is 2.83. The third kappa shape index (κ3) is 5.48. The van der Waals surface area contributed by atoms with E-state index in [0.717, 1.165) is 22.6 Å². The zero-order valence-corrected chi connectivity index (χ0v) is 18.3. The van der Waals surface area contributed by atoms with E-state index in [1.165, 1.54) is 0 Å². The summed E-state index contributed by atoms with van der Waals surface area (Å²) in [6.07, 6.45) is 0. The SMILES string of the molecule is COc1ccc(CN(Cc2ccc(OC)cc2)C(=O)c2ccc(OC)c(OC)c2)cc1. The minimum atomic E-state index is -0.104. The van der Waals surface area contributed by atoms with Gasteiger partial charge in [-0.2, -0.15) is 0 Å². The van der Waals surface area contributed by atoms with Crippen LogP contribution < -0.4 is 18.9 Å². The largest absolute Gasteiger partial charge is 0.497 e. The second-order valence-corrected chi connectivity index (χ2v) is 6.93. The average molecular weight is 421 g/mol. The van der Waals surface area contributed by atoms with E-state index < -0.39 is 0 Å². The smallest absolute Gasteiger partial charge is 0.254 e. The maximum Gasteiger partial charge on any atom is 0.254 e. The molecule has 0 aromatic heterocycles. The van der Waals surface area contributed by atoms with Crippen molar-refractivity contribution in [2.45, 2.75) is 13.1 Å². The van der Waals surface area contributed by atoms with Crippen molar-refractivity contribution in [3.63, 3.8) is 0 Å². The first kappa shape index (κ1) is 22.0. The molecule has 0 bridgehead atoms. The second-order valence-electron chi connectivity index (χ2n) is 6.93. The van der Waals surface area contributed by atoms with Crippen LogP contribution in [0.2, 0.25) is 0 Å². The normalized spacial score (nSPS) is 10.3. The number of ether oxygens (including phenoxy) is 4. The van der Waals surface area contributed by atoms with E-state index in [0.29, 0.717) is 30.2 Å². The number of hydrogen-bond acceptors (Lipinski definition) is 5. The molecule has 0 aliphatic carbocycles. The quantitative estimate of drug-likeness (QED) is 0.507. The summed E-state index contributed by atoms with van der Waals surface area (Å²) in [6, 6.07) is 20.6. The van der Waals surface area contributed by atoms with Crippen LogP contribution in [0.25, 0.3) is 0 Å². The molecule has 162 valence electrons. The highest BCUT2D eigenvalue weighted by molar-refractivity contribution is 5.95. The first-order valence-electron chi connectivity index (χ1n) is 9.85. The van der Waals surface area contributed by atoms with Crippen molar-refractivity contribution in [3.05, 3.63) is 83.4 Å². The van der Waals surface area contributed by atoms with Crippen LogP contribution in [0, 0.1) is 0 Å². The Balaban J connectivity index is 1.90. The number of nitrogens with zero attached hydrogens (tertiary/aromatic N) is 1. The van der Waals surface area contributed by atoms with Gasteiger partial charge in [0.05, 0.1) is 28.4 Å². The summed E-state index contributed by atoms with van der Waals surface area (Å²) >= 11 is 0. The van der Waals surface area contributed by atoms with Gasteiger partial charge in [0.2, 0.25) is 0 Å². The minimum absolute atomic E-state index is 0.104. The molecule has 3 rings (SSSR count). The van der Waals surface area contributed by atoms with Crippen molar-refractivity contribution in [2.24, 2.45) is 0 Å². The predicted molar refractivity (Wildman–Crippen MR) is 119 cm³/mol. The Bertz CT molecular complexity index is 950. The molecule has 0 unspecified atom stereocenters. The number of benzene rings is 3. The number of hydrogen-bond donors (Lipinski definition) is 0. The topological polar surface area (TPSA) is 57.2 Å². The van der Waals surface area contributed by atoms with Gasteiger partial charge in [-0.15, -0.1) is 0 Å². The lowest BCUT2D eigenvalue weighted by molar-refractivity contribution is 0.0729. The van der Waals surface area contributed by atoms with Crippen LogP contribution in [-0.4, -0.2) is 39.2 Å². The molecule has 0 atom stereocenters. The van der Waals surface area contributed by atoms with Crippen LogP contribution in [0.4, 0.5) is 0 Å². The molecule has 6 heteroatoms. The Labute approximate surface area is 182 Å².